The van der Waals surface area contributed by atoms with Crippen molar-refractivity contribution in [3.63, 3.8) is 0 Å². The van der Waals surface area contributed by atoms with Crippen molar-refractivity contribution in [2.45, 2.75) is 13.3 Å². The highest BCUT2D eigenvalue weighted by Crippen LogP contribution is 2.20. The maximum atomic E-state index is 11.9. The molecule has 0 aliphatic carbocycles. The van der Waals surface area contributed by atoms with E-state index in [1.54, 1.807) is 19.1 Å². The van der Waals surface area contributed by atoms with E-state index in [0.29, 0.717) is 24.2 Å². The second kappa shape index (κ2) is 6.06. The van der Waals surface area contributed by atoms with E-state index < -0.39 is 0 Å². The summed E-state index contributed by atoms with van der Waals surface area (Å²) in [5.41, 5.74) is 1.13. The third kappa shape index (κ3) is 3.60. The van der Waals surface area contributed by atoms with E-state index in [4.69, 9.17) is 5.11 Å². The Bertz CT molecular complexity index is 398. The summed E-state index contributed by atoms with van der Waals surface area (Å²) in [6.45, 7) is 5.72. The molecule has 2 N–H and O–H groups in total. The lowest BCUT2D eigenvalue weighted by Gasteiger charge is -2.22. The number of phenols is 1. The highest BCUT2D eigenvalue weighted by Gasteiger charge is 2.15. The van der Waals surface area contributed by atoms with Crippen molar-refractivity contribution in [2.24, 2.45) is 0 Å². The minimum Gasteiger partial charge on any atom is -0.508 e. The van der Waals surface area contributed by atoms with Crippen molar-refractivity contribution in [3.05, 3.63) is 36.4 Å². The number of hydrogen-bond acceptors (Lipinski definition) is 3. The number of rotatable bonds is 5. The number of anilines is 1. The predicted molar refractivity (Wildman–Crippen MR) is 67.0 cm³/mol. The van der Waals surface area contributed by atoms with Crippen LogP contribution in [0.25, 0.3) is 0 Å². The average molecular weight is 235 g/mol. The van der Waals surface area contributed by atoms with Crippen molar-refractivity contribution in [1.82, 2.24) is 0 Å². The number of phenolic OH excluding ortho intramolecular Hbond substituents is 1. The van der Waals surface area contributed by atoms with Gasteiger partial charge in [-0.05, 0) is 37.6 Å². The van der Waals surface area contributed by atoms with Crippen LogP contribution in [0.5, 0.6) is 5.75 Å². The lowest BCUT2D eigenvalue weighted by atomic mass is 10.2. The summed E-state index contributed by atoms with van der Waals surface area (Å²) in [6.07, 6.45) is 0.500. The van der Waals surface area contributed by atoms with Gasteiger partial charge < -0.3 is 15.1 Å². The fourth-order valence-corrected chi connectivity index (χ4v) is 1.44. The summed E-state index contributed by atoms with van der Waals surface area (Å²) in [4.78, 5) is 13.5. The molecule has 1 aromatic rings. The Labute approximate surface area is 101 Å². The third-order valence-corrected chi connectivity index (χ3v) is 2.31. The van der Waals surface area contributed by atoms with Crippen molar-refractivity contribution in [1.29, 1.82) is 0 Å². The van der Waals surface area contributed by atoms with Gasteiger partial charge in [0.15, 0.2) is 0 Å². The molecular formula is C13H17NO3. The molecule has 0 unspecified atom stereocenters. The monoisotopic (exact) mass is 235 g/mol. The van der Waals surface area contributed by atoms with Crippen molar-refractivity contribution in [2.75, 3.05) is 18.1 Å². The van der Waals surface area contributed by atoms with E-state index in [-0.39, 0.29) is 18.3 Å². The first-order valence-electron chi connectivity index (χ1n) is 5.43. The highest BCUT2D eigenvalue weighted by molar-refractivity contribution is 6.04. The number of nitrogens with zero attached hydrogens (tertiary/aromatic N) is 1. The summed E-state index contributed by atoms with van der Waals surface area (Å²) in [7, 11) is 0. The van der Waals surface area contributed by atoms with Gasteiger partial charge >= 0.3 is 0 Å². The van der Waals surface area contributed by atoms with Gasteiger partial charge in [-0.3, -0.25) is 4.79 Å². The molecule has 0 saturated heterocycles. The minimum absolute atomic E-state index is 0.0258. The zero-order chi connectivity index (χ0) is 12.8. The summed E-state index contributed by atoms with van der Waals surface area (Å²) in [5, 5.41) is 18.0. The van der Waals surface area contributed by atoms with Crippen LogP contribution < -0.4 is 4.90 Å². The Hall–Kier alpha value is -1.81. The van der Waals surface area contributed by atoms with Crippen molar-refractivity contribution >= 4 is 11.6 Å². The largest absolute Gasteiger partial charge is 0.508 e. The maximum Gasteiger partial charge on any atom is 0.253 e. The van der Waals surface area contributed by atoms with Crippen LogP contribution in [0.1, 0.15) is 13.3 Å². The number of carbonyl (C=O) groups excluding carboxylic acids is 1. The lowest BCUT2D eigenvalue weighted by Crippen LogP contribution is -2.32. The first kappa shape index (κ1) is 13.3. The number of carbonyl (C=O) groups is 1. The van der Waals surface area contributed by atoms with Gasteiger partial charge in [-0.1, -0.05) is 6.58 Å². The van der Waals surface area contributed by atoms with Crippen molar-refractivity contribution in [3.8, 4) is 5.75 Å². The van der Waals surface area contributed by atoms with Crippen LogP contribution in [0.4, 0.5) is 5.69 Å². The van der Waals surface area contributed by atoms with E-state index in [1.807, 2.05) is 0 Å². The van der Waals surface area contributed by atoms with Crippen LogP contribution in [-0.4, -0.2) is 29.3 Å². The number of aromatic hydroxyl groups is 1. The third-order valence-electron chi connectivity index (χ3n) is 2.31. The van der Waals surface area contributed by atoms with Crippen molar-refractivity contribution < 1.29 is 15.0 Å². The normalized spacial score (nSPS) is 10.0. The molecule has 1 amide bonds. The average Bonchev–Trinajstić information content (AvgIpc) is 2.31. The molecule has 1 aromatic carbocycles. The molecule has 0 aromatic heterocycles. The Morgan fingerprint density at radius 1 is 1.35 bits per heavy atom. The summed E-state index contributed by atoms with van der Waals surface area (Å²) in [6, 6.07) is 6.36. The van der Waals surface area contributed by atoms with Crippen LogP contribution in [0.2, 0.25) is 0 Å². The van der Waals surface area contributed by atoms with E-state index >= 15 is 0 Å². The number of aliphatic hydroxyl groups is 1. The summed E-state index contributed by atoms with van der Waals surface area (Å²) < 4.78 is 0. The number of benzene rings is 1. The topological polar surface area (TPSA) is 60.8 Å². The summed E-state index contributed by atoms with van der Waals surface area (Å²) in [5.74, 6) is -0.0252. The molecule has 17 heavy (non-hydrogen) atoms. The second-order valence-electron chi connectivity index (χ2n) is 3.83. The van der Waals surface area contributed by atoms with Crippen LogP contribution in [0, 0.1) is 0 Å². The number of hydrogen-bond donors (Lipinski definition) is 2. The molecule has 0 aliphatic heterocycles. The van der Waals surface area contributed by atoms with E-state index in [2.05, 4.69) is 6.58 Å². The molecule has 4 heteroatoms. The molecule has 0 atom stereocenters. The fraction of sp³-hybridized carbons (Fsp3) is 0.308. The van der Waals surface area contributed by atoms with Crippen LogP contribution in [0.15, 0.2) is 36.4 Å². The molecule has 92 valence electrons. The first-order chi connectivity index (χ1) is 8.06. The van der Waals surface area contributed by atoms with Gasteiger partial charge in [-0.2, -0.15) is 0 Å². The van der Waals surface area contributed by atoms with Gasteiger partial charge in [0.25, 0.3) is 5.91 Å². The first-order valence-corrected chi connectivity index (χ1v) is 5.43. The SMILES string of the molecule is C=C(C)C(=O)N(CCCO)c1ccc(O)cc1. The maximum absolute atomic E-state index is 11.9. The second-order valence-corrected chi connectivity index (χ2v) is 3.83. The Kier molecular flexibility index (Phi) is 4.72. The van der Waals surface area contributed by atoms with Gasteiger partial charge in [0.2, 0.25) is 0 Å². The highest BCUT2D eigenvalue weighted by atomic mass is 16.3. The van der Waals surface area contributed by atoms with E-state index in [0.717, 1.165) is 0 Å². The molecular weight excluding hydrogens is 218 g/mol. The quantitative estimate of drug-likeness (QED) is 0.763. The zero-order valence-electron chi connectivity index (χ0n) is 9.89. The fourth-order valence-electron chi connectivity index (χ4n) is 1.44. The standard InChI is InChI=1S/C13H17NO3/c1-10(2)13(17)14(8-3-9-15)11-4-6-12(16)7-5-11/h4-7,15-16H,1,3,8-9H2,2H3. The van der Waals surface area contributed by atoms with Crippen LogP contribution in [-0.2, 0) is 4.79 Å². The van der Waals surface area contributed by atoms with Gasteiger partial charge in [0, 0.05) is 24.4 Å². The molecule has 1 rings (SSSR count). The molecule has 0 spiro atoms. The Balaban J connectivity index is 2.93. The Morgan fingerprint density at radius 3 is 2.41 bits per heavy atom. The van der Waals surface area contributed by atoms with E-state index in [1.165, 1.54) is 17.0 Å². The Morgan fingerprint density at radius 2 is 1.94 bits per heavy atom. The lowest BCUT2D eigenvalue weighted by molar-refractivity contribution is -0.115. The number of aliphatic hydroxyl groups excluding tert-OH is 1. The minimum atomic E-state index is -0.177. The summed E-state index contributed by atoms with van der Waals surface area (Å²) >= 11 is 0. The molecule has 0 fully saturated rings. The van der Waals surface area contributed by atoms with Gasteiger partial charge in [0.05, 0.1) is 0 Å². The van der Waals surface area contributed by atoms with E-state index in [9.17, 15) is 9.90 Å². The molecule has 0 bridgehead atoms. The predicted octanol–water partition coefficient (Wildman–Crippen LogP) is 1.68. The van der Waals surface area contributed by atoms with Gasteiger partial charge in [-0.25, -0.2) is 0 Å². The smallest absolute Gasteiger partial charge is 0.253 e. The zero-order valence-corrected chi connectivity index (χ0v) is 9.89. The molecule has 0 aliphatic rings. The molecule has 0 radical (unpaired) electrons. The van der Waals surface area contributed by atoms with Gasteiger partial charge in [0.1, 0.15) is 5.75 Å². The molecule has 4 nitrogen and oxygen atoms in total. The molecule has 0 saturated carbocycles. The molecule has 0 heterocycles. The van der Waals surface area contributed by atoms with Crippen LogP contribution in [0.3, 0.4) is 0 Å². The van der Waals surface area contributed by atoms with Gasteiger partial charge in [-0.15, -0.1) is 0 Å². The van der Waals surface area contributed by atoms with Crippen LogP contribution >= 0.6 is 0 Å². The number of amides is 1.